The number of urea groups is 1. The van der Waals surface area contributed by atoms with Crippen molar-refractivity contribution in [3.8, 4) is 0 Å². The third-order valence-corrected chi connectivity index (χ3v) is 5.78. The number of amides is 3. The van der Waals surface area contributed by atoms with Gasteiger partial charge in [0, 0.05) is 12.2 Å². The molecule has 3 rings (SSSR count). The lowest BCUT2D eigenvalue weighted by Crippen LogP contribution is -2.50. The number of hydrogen-bond donors (Lipinski definition) is 2. The summed E-state index contributed by atoms with van der Waals surface area (Å²) in [5, 5.41) is 2.40. The van der Waals surface area contributed by atoms with Crippen LogP contribution in [0.15, 0.2) is 53.4 Å². The van der Waals surface area contributed by atoms with E-state index in [1.807, 2.05) is 35.9 Å². The Balaban J connectivity index is 1.64. The number of nitrogens with zero attached hydrogens (tertiary/aromatic N) is 1. The molecular formula is C19H21N3O4S. The number of nitrogens with one attached hydrogen (secondary N) is 2. The van der Waals surface area contributed by atoms with Gasteiger partial charge in [0.05, 0.1) is 4.90 Å². The number of para-hydroxylation sites is 1. The van der Waals surface area contributed by atoms with E-state index >= 15 is 0 Å². The van der Waals surface area contributed by atoms with Crippen molar-refractivity contribution >= 4 is 27.6 Å². The predicted molar refractivity (Wildman–Crippen MR) is 102 cm³/mol. The van der Waals surface area contributed by atoms with Crippen LogP contribution >= 0.6 is 0 Å². The van der Waals surface area contributed by atoms with Crippen molar-refractivity contribution in [3.05, 3.63) is 59.7 Å². The average molecular weight is 387 g/mol. The standard InChI is InChI=1S/C19H21N3O4S/c1-13-7-9-16(10-8-13)27(25,26)21-19(24)20-14(2)18(23)22-12-11-15-5-3-4-6-17(15)22/h3-10,14H,11-12H2,1-2H3,(H2,20,21,24)/t14-/m0/s1. The van der Waals surface area contributed by atoms with Crippen molar-refractivity contribution in [3.63, 3.8) is 0 Å². The van der Waals surface area contributed by atoms with E-state index in [1.165, 1.54) is 19.1 Å². The van der Waals surface area contributed by atoms with Gasteiger partial charge in [-0.2, -0.15) is 0 Å². The molecule has 27 heavy (non-hydrogen) atoms. The number of carbonyl (C=O) groups excluding carboxylic acids is 2. The quantitative estimate of drug-likeness (QED) is 0.838. The molecule has 7 nitrogen and oxygen atoms in total. The third kappa shape index (κ3) is 4.11. The number of sulfonamides is 1. The minimum atomic E-state index is -4.00. The van der Waals surface area contributed by atoms with Crippen molar-refractivity contribution in [2.75, 3.05) is 11.4 Å². The Kier molecular flexibility index (Phi) is 5.18. The van der Waals surface area contributed by atoms with Crippen LogP contribution in [0.25, 0.3) is 0 Å². The van der Waals surface area contributed by atoms with Crippen molar-refractivity contribution in [1.29, 1.82) is 0 Å². The minimum Gasteiger partial charge on any atom is -0.326 e. The van der Waals surface area contributed by atoms with Gasteiger partial charge < -0.3 is 10.2 Å². The number of aryl methyl sites for hydroxylation is 1. The summed E-state index contributed by atoms with van der Waals surface area (Å²) in [5.74, 6) is -0.289. The van der Waals surface area contributed by atoms with E-state index in [2.05, 4.69) is 5.32 Å². The van der Waals surface area contributed by atoms with Crippen LogP contribution in [0, 0.1) is 6.92 Å². The van der Waals surface area contributed by atoms with Gasteiger partial charge in [-0.15, -0.1) is 0 Å². The minimum absolute atomic E-state index is 0.0179. The highest BCUT2D eigenvalue weighted by molar-refractivity contribution is 7.90. The summed E-state index contributed by atoms with van der Waals surface area (Å²) in [4.78, 5) is 26.3. The SMILES string of the molecule is Cc1ccc(S(=O)(=O)NC(=O)N[C@@H](C)C(=O)N2CCc3ccccc32)cc1. The molecule has 1 heterocycles. The first-order valence-electron chi connectivity index (χ1n) is 8.57. The smallest absolute Gasteiger partial charge is 0.326 e. The third-order valence-electron chi connectivity index (χ3n) is 4.43. The molecule has 0 saturated heterocycles. The summed E-state index contributed by atoms with van der Waals surface area (Å²) in [5.41, 5.74) is 2.80. The number of anilines is 1. The fraction of sp³-hybridized carbons (Fsp3) is 0.263. The maximum atomic E-state index is 12.7. The van der Waals surface area contributed by atoms with Gasteiger partial charge in [0.15, 0.2) is 0 Å². The molecule has 0 radical (unpaired) electrons. The molecule has 0 saturated carbocycles. The van der Waals surface area contributed by atoms with Crippen molar-refractivity contribution in [2.45, 2.75) is 31.2 Å². The zero-order valence-corrected chi connectivity index (χ0v) is 15.9. The molecule has 1 atom stereocenters. The second-order valence-corrected chi connectivity index (χ2v) is 8.16. The molecule has 0 fully saturated rings. The molecular weight excluding hydrogens is 366 g/mol. The summed E-state index contributed by atoms with van der Waals surface area (Å²) in [6.07, 6.45) is 0.753. The van der Waals surface area contributed by atoms with Crippen LogP contribution in [0.4, 0.5) is 10.5 Å². The van der Waals surface area contributed by atoms with Gasteiger partial charge in [0.2, 0.25) is 5.91 Å². The molecule has 8 heteroatoms. The molecule has 142 valence electrons. The lowest BCUT2D eigenvalue weighted by Gasteiger charge is -2.22. The van der Waals surface area contributed by atoms with E-state index < -0.39 is 22.1 Å². The zero-order valence-electron chi connectivity index (χ0n) is 15.1. The van der Waals surface area contributed by atoms with Crippen LogP contribution < -0.4 is 14.9 Å². The van der Waals surface area contributed by atoms with E-state index in [-0.39, 0.29) is 10.8 Å². The lowest BCUT2D eigenvalue weighted by atomic mass is 10.2. The lowest BCUT2D eigenvalue weighted by molar-refractivity contribution is -0.119. The summed E-state index contributed by atoms with van der Waals surface area (Å²) >= 11 is 0. The maximum absolute atomic E-state index is 12.7. The van der Waals surface area contributed by atoms with Gasteiger partial charge in [-0.25, -0.2) is 17.9 Å². The second kappa shape index (κ2) is 7.40. The highest BCUT2D eigenvalue weighted by Crippen LogP contribution is 2.27. The van der Waals surface area contributed by atoms with E-state index in [1.54, 1.807) is 17.0 Å². The number of rotatable bonds is 4. The normalized spacial score (nSPS) is 14.4. The van der Waals surface area contributed by atoms with E-state index in [9.17, 15) is 18.0 Å². The van der Waals surface area contributed by atoms with Crippen molar-refractivity contribution in [2.24, 2.45) is 0 Å². The maximum Gasteiger partial charge on any atom is 0.329 e. The van der Waals surface area contributed by atoms with Gasteiger partial charge in [0.25, 0.3) is 10.0 Å². The molecule has 2 aromatic rings. The highest BCUT2D eigenvalue weighted by Gasteiger charge is 2.29. The average Bonchev–Trinajstić information content (AvgIpc) is 3.04. The van der Waals surface area contributed by atoms with E-state index in [0.717, 1.165) is 23.2 Å². The van der Waals surface area contributed by atoms with Gasteiger partial charge in [-0.3, -0.25) is 4.79 Å². The molecule has 1 aliphatic rings. The van der Waals surface area contributed by atoms with E-state index in [0.29, 0.717) is 6.54 Å². The molecule has 2 aromatic carbocycles. The molecule has 1 aliphatic heterocycles. The number of benzene rings is 2. The Bertz CT molecular complexity index is 971. The fourth-order valence-electron chi connectivity index (χ4n) is 2.99. The van der Waals surface area contributed by atoms with Gasteiger partial charge in [-0.1, -0.05) is 35.9 Å². The summed E-state index contributed by atoms with van der Waals surface area (Å²) in [6.45, 7) is 3.90. The van der Waals surface area contributed by atoms with Crippen molar-refractivity contribution < 1.29 is 18.0 Å². The zero-order chi connectivity index (χ0) is 19.6. The Morgan fingerprint density at radius 2 is 1.74 bits per heavy atom. The summed E-state index contributed by atoms with van der Waals surface area (Å²) in [6, 6.07) is 11.9. The molecule has 0 bridgehead atoms. The monoisotopic (exact) mass is 387 g/mol. The Hall–Kier alpha value is -2.87. The molecule has 0 aromatic heterocycles. The first-order valence-corrected chi connectivity index (χ1v) is 10.1. The molecule has 0 aliphatic carbocycles. The van der Waals surface area contributed by atoms with Crippen molar-refractivity contribution in [1.82, 2.24) is 10.0 Å². The predicted octanol–water partition coefficient (Wildman–Crippen LogP) is 1.96. The highest BCUT2D eigenvalue weighted by atomic mass is 32.2. The fourth-order valence-corrected chi connectivity index (χ4v) is 3.90. The number of carbonyl (C=O) groups is 2. The van der Waals surface area contributed by atoms with Gasteiger partial charge in [-0.05, 0) is 44.0 Å². The van der Waals surface area contributed by atoms with Gasteiger partial charge >= 0.3 is 6.03 Å². The van der Waals surface area contributed by atoms with Crippen LogP contribution in [0.1, 0.15) is 18.1 Å². The first-order chi connectivity index (χ1) is 12.8. The molecule has 0 spiro atoms. The first kappa shape index (κ1) is 18.9. The molecule has 2 N–H and O–H groups in total. The topological polar surface area (TPSA) is 95.6 Å². The Morgan fingerprint density at radius 3 is 2.44 bits per heavy atom. The van der Waals surface area contributed by atoms with E-state index in [4.69, 9.17) is 0 Å². The van der Waals surface area contributed by atoms with Crippen LogP contribution in [-0.2, 0) is 21.2 Å². The number of hydrogen-bond acceptors (Lipinski definition) is 4. The molecule has 0 unspecified atom stereocenters. The summed E-state index contributed by atoms with van der Waals surface area (Å²) < 4.78 is 26.5. The largest absolute Gasteiger partial charge is 0.329 e. The van der Waals surface area contributed by atoms with Crippen LogP contribution in [-0.4, -0.2) is 32.9 Å². The Morgan fingerprint density at radius 1 is 1.07 bits per heavy atom. The van der Waals surface area contributed by atoms with Crippen LogP contribution in [0.2, 0.25) is 0 Å². The van der Waals surface area contributed by atoms with Gasteiger partial charge in [0.1, 0.15) is 6.04 Å². The summed E-state index contributed by atoms with van der Waals surface area (Å²) in [7, 11) is -4.00. The number of fused-ring (bicyclic) bond motifs is 1. The van der Waals surface area contributed by atoms with Crippen LogP contribution in [0.3, 0.4) is 0 Å². The second-order valence-electron chi connectivity index (χ2n) is 6.48. The molecule has 3 amide bonds. The van der Waals surface area contributed by atoms with Crippen LogP contribution in [0.5, 0.6) is 0 Å². The Labute approximate surface area is 158 Å².